The number of nitrogens with one attached hydrogen (secondary N) is 2. The van der Waals surface area contributed by atoms with Gasteiger partial charge in [0.15, 0.2) is 5.15 Å². The van der Waals surface area contributed by atoms with Crippen LogP contribution in [-0.2, 0) is 4.79 Å². The lowest BCUT2D eigenvalue weighted by molar-refractivity contribution is -0.123. The fourth-order valence-electron chi connectivity index (χ4n) is 1.95. The van der Waals surface area contributed by atoms with E-state index >= 15 is 0 Å². The zero-order valence-corrected chi connectivity index (χ0v) is 10.8. The fourth-order valence-corrected chi connectivity index (χ4v) is 2.20. The predicted molar refractivity (Wildman–Crippen MR) is 68.2 cm³/mol. The summed E-state index contributed by atoms with van der Waals surface area (Å²) in [6.45, 7) is 5.44. The lowest BCUT2D eigenvalue weighted by Gasteiger charge is -2.22. The van der Waals surface area contributed by atoms with Crippen LogP contribution >= 0.6 is 11.6 Å². The Bertz CT molecular complexity index is 421. The number of amides is 1. The molecule has 2 rings (SSSR count). The molecular weight excluding hydrogens is 238 g/mol. The highest BCUT2D eigenvalue weighted by Crippen LogP contribution is 2.29. The Hall–Kier alpha value is -1.13. The van der Waals surface area contributed by atoms with Gasteiger partial charge < -0.3 is 10.6 Å². The minimum atomic E-state index is -0.356. The van der Waals surface area contributed by atoms with E-state index in [0.29, 0.717) is 17.4 Å². The molecule has 0 saturated carbocycles. The highest BCUT2D eigenvalue weighted by Gasteiger charge is 2.36. The molecule has 4 nitrogen and oxygen atoms in total. The van der Waals surface area contributed by atoms with Gasteiger partial charge in [-0.3, -0.25) is 4.79 Å². The standard InChI is InChI=1S/C12H16ClN3O/c1-8-3-5-15-10(13)9(8)16-11(17)12(2)4-6-14-7-12/h3,5,14H,4,6-7H2,1-2H3,(H,16,17). The Morgan fingerprint density at radius 2 is 2.41 bits per heavy atom. The lowest BCUT2D eigenvalue weighted by Crippen LogP contribution is -2.35. The van der Waals surface area contributed by atoms with Crippen molar-refractivity contribution in [1.82, 2.24) is 10.3 Å². The number of halogens is 1. The summed E-state index contributed by atoms with van der Waals surface area (Å²) in [6.07, 6.45) is 2.47. The first kappa shape index (κ1) is 12.3. The van der Waals surface area contributed by atoms with Crippen LogP contribution in [0.15, 0.2) is 12.3 Å². The van der Waals surface area contributed by atoms with Crippen molar-refractivity contribution < 1.29 is 4.79 Å². The largest absolute Gasteiger partial charge is 0.323 e. The molecule has 0 aromatic carbocycles. The molecule has 0 spiro atoms. The molecule has 1 aliphatic heterocycles. The molecule has 17 heavy (non-hydrogen) atoms. The van der Waals surface area contributed by atoms with Crippen LogP contribution < -0.4 is 10.6 Å². The number of rotatable bonds is 2. The van der Waals surface area contributed by atoms with Gasteiger partial charge in [0.1, 0.15) is 0 Å². The van der Waals surface area contributed by atoms with Crippen LogP contribution in [0.2, 0.25) is 5.15 Å². The number of hydrogen-bond donors (Lipinski definition) is 2. The van der Waals surface area contributed by atoms with Gasteiger partial charge in [-0.25, -0.2) is 4.98 Å². The first-order valence-corrected chi connectivity index (χ1v) is 6.04. The molecule has 0 bridgehead atoms. The maximum atomic E-state index is 12.2. The zero-order chi connectivity index (χ0) is 12.5. The summed E-state index contributed by atoms with van der Waals surface area (Å²) in [5.74, 6) is 0.000463. The highest BCUT2D eigenvalue weighted by molar-refractivity contribution is 6.32. The first-order valence-electron chi connectivity index (χ1n) is 5.66. The lowest BCUT2D eigenvalue weighted by atomic mass is 9.88. The van der Waals surface area contributed by atoms with Crippen LogP contribution in [-0.4, -0.2) is 24.0 Å². The third kappa shape index (κ3) is 2.42. The summed E-state index contributed by atoms with van der Waals surface area (Å²) >= 11 is 5.98. The number of anilines is 1. The van der Waals surface area contributed by atoms with Crippen LogP contribution in [0.25, 0.3) is 0 Å². The van der Waals surface area contributed by atoms with Crippen LogP contribution in [0.4, 0.5) is 5.69 Å². The minimum Gasteiger partial charge on any atom is -0.323 e. The number of aryl methyl sites for hydroxylation is 1. The molecule has 1 aromatic rings. The smallest absolute Gasteiger partial charge is 0.231 e. The van der Waals surface area contributed by atoms with Gasteiger partial charge in [0, 0.05) is 12.7 Å². The second kappa shape index (κ2) is 4.63. The molecule has 1 aliphatic rings. The van der Waals surface area contributed by atoms with E-state index in [0.717, 1.165) is 18.5 Å². The van der Waals surface area contributed by atoms with Gasteiger partial charge in [0.25, 0.3) is 0 Å². The van der Waals surface area contributed by atoms with Crippen molar-refractivity contribution in [1.29, 1.82) is 0 Å². The first-order chi connectivity index (χ1) is 8.03. The summed E-state index contributed by atoms with van der Waals surface area (Å²) in [5.41, 5.74) is 1.19. The molecule has 1 fully saturated rings. The van der Waals surface area contributed by atoms with Crippen molar-refractivity contribution in [3.05, 3.63) is 23.0 Å². The van der Waals surface area contributed by atoms with E-state index < -0.39 is 0 Å². The molecule has 0 radical (unpaired) electrons. The Balaban J connectivity index is 2.18. The molecular formula is C12H16ClN3O. The van der Waals surface area contributed by atoms with Crippen LogP contribution in [0.3, 0.4) is 0 Å². The van der Waals surface area contributed by atoms with Gasteiger partial charge in [-0.1, -0.05) is 11.6 Å². The average molecular weight is 254 g/mol. The second-order valence-corrected chi connectivity index (χ2v) is 5.09. The van der Waals surface area contributed by atoms with Crippen molar-refractivity contribution in [2.75, 3.05) is 18.4 Å². The third-order valence-electron chi connectivity index (χ3n) is 3.27. The molecule has 1 atom stereocenters. The molecule has 1 aromatic heterocycles. The van der Waals surface area contributed by atoms with Gasteiger partial charge in [0.05, 0.1) is 11.1 Å². The van der Waals surface area contributed by atoms with Gasteiger partial charge in [-0.15, -0.1) is 0 Å². The van der Waals surface area contributed by atoms with Crippen LogP contribution in [0.1, 0.15) is 18.9 Å². The Labute approximate surface area is 106 Å². The van der Waals surface area contributed by atoms with E-state index in [4.69, 9.17) is 11.6 Å². The maximum Gasteiger partial charge on any atom is 0.231 e. The van der Waals surface area contributed by atoms with Crippen molar-refractivity contribution in [2.24, 2.45) is 5.41 Å². The summed E-state index contributed by atoms with van der Waals surface area (Å²) in [7, 11) is 0. The molecule has 1 amide bonds. The summed E-state index contributed by atoms with van der Waals surface area (Å²) < 4.78 is 0. The average Bonchev–Trinajstić information content (AvgIpc) is 2.72. The molecule has 1 unspecified atom stereocenters. The maximum absolute atomic E-state index is 12.2. The van der Waals surface area contributed by atoms with Crippen molar-refractivity contribution in [2.45, 2.75) is 20.3 Å². The summed E-state index contributed by atoms with van der Waals surface area (Å²) in [6, 6.07) is 1.83. The number of carbonyl (C=O) groups is 1. The van der Waals surface area contributed by atoms with Crippen molar-refractivity contribution in [3.8, 4) is 0 Å². The molecule has 1 saturated heterocycles. The molecule has 2 N–H and O–H groups in total. The van der Waals surface area contributed by atoms with Gasteiger partial charge in [-0.05, 0) is 38.4 Å². The number of nitrogens with zero attached hydrogens (tertiary/aromatic N) is 1. The zero-order valence-electron chi connectivity index (χ0n) is 10.0. The van der Waals surface area contributed by atoms with E-state index in [1.807, 2.05) is 19.9 Å². The summed E-state index contributed by atoms with van der Waals surface area (Å²) in [4.78, 5) is 16.2. The van der Waals surface area contributed by atoms with Crippen LogP contribution in [0, 0.1) is 12.3 Å². The van der Waals surface area contributed by atoms with Gasteiger partial charge in [0.2, 0.25) is 5.91 Å². The van der Waals surface area contributed by atoms with Gasteiger partial charge >= 0.3 is 0 Å². The molecule has 5 heteroatoms. The Kier molecular flexibility index (Phi) is 3.35. The van der Waals surface area contributed by atoms with E-state index in [1.165, 1.54) is 0 Å². The number of aromatic nitrogens is 1. The Morgan fingerprint density at radius 3 is 3.00 bits per heavy atom. The normalized spacial score (nSPS) is 23.7. The molecule has 0 aliphatic carbocycles. The molecule has 2 heterocycles. The van der Waals surface area contributed by atoms with E-state index in [1.54, 1.807) is 6.20 Å². The van der Waals surface area contributed by atoms with Crippen LogP contribution in [0.5, 0.6) is 0 Å². The summed E-state index contributed by atoms with van der Waals surface area (Å²) in [5, 5.41) is 6.43. The number of carbonyl (C=O) groups excluding carboxylic acids is 1. The molecule has 92 valence electrons. The highest BCUT2D eigenvalue weighted by atomic mass is 35.5. The second-order valence-electron chi connectivity index (χ2n) is 4.74. The van der Waals surface area contributed by atoms with Crippen molar-refractivity contribution >= 4 is 23.2 Å². The van der Waals surface area contributed by atoms with E-state index in [2.05, 4.69) is 15.6 Å². The number of pyridine rings is 1. The number of hydrogen-bond acceptors (Lipinski definition) is 3. The van der Waals surface area contributed by atoms with Gasteiger partial charge in [-0.2, -0.15) is 0 Å². The van der Waals surface area contributed by atoms with E-state index in [9.17, 15) is 4.79 Å². The topological polar surface area (TPSA) is 54.0 Å². The quantitative estimate of drug-likeness (QED) is 0.793. The monoisotopic (exact) mass is 253 g/mol. The predicted octanol–water partition coefficient (Wildman–Crippen LogP) is 1.98. The Morgan fingerprint density at radius 1 is 1.65 bits per heavy atom. The fraction of sp³-hybridized carbons (Fsp3) is 0.500. The minimum absolute atomic E-state index is 0.000463. The third-order valence-corrected chi connectivity index (χ3v) is 3.56. The SMILES string of the molecule is Cc1ccnc(Cl)c1NC(=O)C1(C)CCNC1. The van der Waals surface area contributed by atoms with E-state index in [-0.39, 0.29) is 11.3 Å². The van der Waals surface area contributed by atoms with Crippen molar-refractivity contribution in [3.63, 3.8) is 0 Å².